The number of aliphatic hydroxyl groups excluding tert-OH is 1. The van der Waals surface area contributed by atoms with Crippen LogP contribution in [0.5, 0.6) is 0 Å². The van der Waals surface area contributed by atoms with E-state index < -0.39 is 10.0 Å². The number of hydrogen-bond donors (Lipinski definition) is 2. The van der Waals surface area contributed by atoms with E-state index in [9.17, 15) is 18.3 Å². The number of piperidine rings is 1. The maximum Gasteiger partial charge on any atom is 0.255 e. The molecule has 0 aliphatic carbocycles. The first-order valence-electron chi connectivity index (χ1n) is 9.41. The van der Waals surface area contributed by atoms with Gasteiger partial charge in [-0.2, -0.15) is 4.31 Å². The van der Waals surface area contributed by atoms with Crippen molar-refractivity contribution < 1.29 is 18.3 Å². The topological polar surface area (TPSA) is 86.7 Å². The highest BCUT2D eigenvalue weighted by Crippen LogP contribution is 2.26. The molecule has 2 aromatic carbocycles. The van der Waals surface area contributed by atoms with Gasteiger partial charge in [0.05, 0.1) is 11.5 Å². The van der Waals surface area contributed by atoms with Gasteiger partial charge in [-0.15, -0.1) is 0 Å². The smallest absolute Gasteiger partial charge is 0.255 e. The molecule has 1 aliphatic heterocycles. The summed E-state index contributed by atoms with van der Waals surface area (Å²) >= 11 is 0. The molecule has 0 bridgehead atoms. The van der Waals surface area contributed by atoms with Gasteiger partial charge in [-0.25, -0.2) is 8.42 Å². The Kier molecular flexibility index (Phi) is 6.17. The predicted octanol–water partition coefficient (Wildman–Crippen LogP) is 3.10. The van der Waals surface area contributed by atoms with Crippen LogP contribution < -0.4 is 5.32 Å². The molecule has 2 N–H and O–H groups in total. The molecule has 1 fully saturated rings. The summed E-state index contributed by atoms with van der Waals surface area (Å²) in [4.78, 5) is 12.6. The molecule has 0 aromatic heterocycles. The van der Waals surface area contributed by atoms with Crippen LogP contribution in [0.2, 0.25) is 0 Å². The van der Waals surface area contributed by atoms with Crippen molar-refractivity contribution in [3.05, 3.63) is 59.7 Å². The highest BCUT2D eigenvalue weighted by molar-refractivity contribution is 7.89. The van der Waals surface area contributed by atoms with Crippen LogP contribution in [-0.2, 0) is 16.6 Å². The van der Waals surface area contributed by atoms with Crippen LogP contribution in [-0.4, -0.2) is 36.8 Å². The van der Waals surface area contributed by atoms with E-state index >= 15 is 0 Å². The second-order valence-corrected chi connectivity index (χ2v) is 9.54. The summed E-state index contributed by atoms with van der Waals surface area (Å²) in [6.07, 6.45) is 1.03. The van der Waals surface area contributed by atoms with E-state index in [1.165, 1.54) is 24.3 Å². The number of benzene rings is 2. The highest BCUT2D eigenvalue weighted by atomic mass is 32.2. The van der Waals surface area contributed by atoms with E-state index in [1.807, 2.05) is 0 Å². The lowest BCUT2D eigenvalue weighted by Gasteiger charge is -2.34. The number of carbonyl (C=O) groups is 1. The van der Waals surface area contributed by atoms with Gasteiger partial charge in [0, 0.05) is 24.3 Å². The Bertz CT molecular complexity index is 931. The zero-order valence-corrected chi connectivity index (χ0v) is 16.9. The van der Waals surface area contributed by atoms with E-state index in [-0.39, 0.29) is 17.4 Å². The number of rotatable bonds is 5. The van der Waals surface area contributed by atoms with Gasteiger partial charge >= 0.3 is 0 Å². The summed E-state index contributed by atoms with van der Waals surface area (Å²) in [7, 11) is -3.56. The number of nitrogens with zero attached hydrogens (tertiary/aromatic N) is 1. The van der Waals surface area contributed by atoms with Gasteiger partial charge in [-0.1, -0.05) is 26.0 Å². The molecule has 0 spiro atoms. The van der Waals surface area contributed by atoms with Crippen molar-refractivity contribution in [2.24, 2.45) is 11.8 Å². The van der Waals surface area contributed by atoms with Gasteiger partial charge in [0.1, 0.15) is 0 Å². The fourth-order valence-corrected chi connectivity index (χ4v) is 5.36. The Balaban J connectivity index is 1.74. The van der Waals surface area contributed by atoms with Crippen LogP contribution in [0.4, 0.5) is 5.69 Å². The maximum atomic E-state index is 12.9. The molecule has 1 amide bonds. The molecule has 7 heteroatoms. The Morgan fingerprint density at radius 2 is 1.75 bits per heavy atom. The van der Waals surface area contributed by atoms with E-state index in [0.717, 1.165) is 6.42 Å². The third kappa shape index (κ3) is 4.60. The zero-order valence-electron chi connectivity index (χ0n) is 16.1. The number of anilines is 1. The summed E-state index contributed by atoms with van der Waals surface area (Å²) in [5, 5.41) is 11.9. The molecule has 1 heterocycles. The minimum atomic E-state index is -3.56. The van der Waals surface area contributed by atoms with Gasteiger partial charge in [0.15, 0.2) is 0 Å². The zero-order chi connectivity index (χ0) is 20.3. The minimum absolute atomic E-state index is 0.107. The van der Waals surface area contributed by atoms with E-state index in [1.54, 1.807) is 28.6 Å². The summed E-state index contributed by atoms with van der Waals surface area (Å²) in [6.45, 7) is 5.07. The molecule has 0 radical (unpaired) electrons. The first-order valence-corrected chi connectivity index (χ1v) is 10.8. The fraction of sp³-hybridized carbons (Fsp3) is 0.381. The molecule has 2 aromatic rings. The Labute approximate surface area is 166 Å². The molecule has 1 saturated heterocycles. The molecule has 150 valence electrons. The lowest BCUT2D eigenvalue weighted by atomic mass is 9.94. The first-order chi connectivity index (χ1) is 13.3. The molecule has 3 rings (SSSR count). The molecule has 0 unspecified atom stereocenters. The molecule has 28 heavy (non-hydrogen) atoms. The van der Waals surface area contributed by atoms with Crippen LogP contribution in [0.15, 0.2) is 53.4 Å². The second kappa shape index (κ2) is 8.43. The standard InChI is InChI=1S/C21H26N2O4S/c1-15-10-16(2)13-23(12-15)28(26,27)20-8-6-18(7-9-20)21(25)22-19-5-3-4-17(11-19)14-24/h3-9,11,15-16,24H,10,12-14H2,1-2H3,(H,22,25)/t15-,16-/m1/s1. The maximum absolute atomic E-state index is 12.9. The largest absolute Gasteiger partial charge is 0.392 e. The van der Waals surface area contributed by atoms with Gasteiger partial charge in [-0.05, 0) is 60.2 Å². The molecule has 1 aliphatic rings. The second-order valence-electron chi connectivity index (χ2n) is 7.61. The van der Waals surface area contributed by atoms with Crippen molar-refractivity contribution in [1.29, 1.82) is 0 Å². The third-order valence-electron chi connectivity index (χ3n) is 4.96. The summed E-state index contributed by atoms with van der Waals surface area (Å²) in [6, 6.07) is 12.9. The molecular formula is C21H26N2O4S. The van der Waals surface area contributed by atoms with Crippen molar-refractivity contribution >= 4 is 21.6 Å². The van der Waals surface area contributed by atoms with Crippen LogP contribution in [0.25, 0.3) is 0 Å². The van der Waals surface area contributed by atoms with Crippen molar-refractivity contribution in [3.8, 4) is 0 Å². The van der Waals surface area contributed by atoms with Gasteiger partial charge in [0.25, 0.3) is 5.91 Å². The number of aliphatic hydroxyl groups is 1. The van der Waals surface area contributed by atoms with Gasteiger partial charge in [0.2, 0.25) is 10.0 Å². The Hall–Kier alpha value is -2.22. The van der Waals surface area contributed by atoms with Crippen LogP contribution in [0.1, 0.15) is 36.2 Å². The van der Waals surface area contributed by atoms with Crippen molar-refractivity contribution in [1.82, 2.24) is 4.31 Å². The van der Waals surface area contributed by atoms with Gasteiger partial charge < -0.3 is 10.4 Å². The molecule has 6 nitrogen and oxygen atoms in total. The number of hydrogen-bond acceptors (Lipinski definition) is 4. The quantitative estimate of drug-likeness (QED) is 0.805. The van der Waals surface area contributed by atoms with E-state index in [2.05, 4.69) is 19.2 Å². The normalized spacial score (nSPS) is 20.7. The molecule has 0 saturated carbocycles. The van der Waals surface area contributed by atoms with E-state index in [0.29, 0.717) is 41.7 Å². The molecule has 2 atom stereocenters. The van der Waals surface area contributed by atoms with Crippen molar-refractivity contribution in [3.63, 3.8) is 0 Å². The van der Waals surface area contributed by atoms with E-state index in [4.69, 9.17) is 0 Å². The summed E-state index contributed by atoms with van der Waals surface area (Å²) < 4.78 is 27.4. The fourth-order valence-electron chi connectivity index (χ4n) is 3.68. The number of nitrogens with one attached hydrogen (secondary N) is 1. The number of sulfonamides is 1. The lowest BCUT2D eigenvalue weighted by molar-refractivity contribution is 0.102. The monoisotopic (exact) mass is 402 g/mol. The number of amides is 1. The summed E-state index contributed by atoms with van der Waals surface area (Å²) in [5.41, 5.74) is 1.64. The van der Waals surface area contributed by atoms with Crippen LogP contribution in [0, 0.1) is 11.8 Å². The Morgan fingerprint density at radius 3 is 2.36 bits per heavy atom. The van der Waals surface area contributed by atoms with Gasteiger partial charge in [-0.3, -0.25) is 4.79 Å². The van der Waals surface area contributed by atoms with Crippen molar-refractivity contribution in [2.75, 3.05) is 18.4 Å². The van der Waals surface area contributed by atoms with Crippen LogP contribution in [0.3, 0.4) is 0 Å². The predicted molar refractivity (Wildman–Crippen MR) is 108 cm³/mol. The third-order valence-corrected chi connectivity index (χ3v) is 6.80. The SMILES string of the molecule is C[C@@H]1C[C@@H](C)CN(S(=O)(=O)c2ccc(C(=O)Nc3cccc(CO)c3)cc2)C1. The summed E-state index contributed by atoms with van der Waals surface area (Å²) in [5.74, 6) is 0.329. The van der Waals surface area contributed by atoms with Crippen LogP contribution >= 0.6 is 0 Å². The Morgan fingerprint density at radius 1 is 1.11 bits per heavy atom. The average molecular weight is 403 g/mol. The number of carbonyl (C=O) groups excluding carboxylic acids is 1. The molecular weight excluding hydrogens is 376 g/mol. The first kappa shape index (κ1) is 20.5. The van der Waals surface area contributed by atoms with Crippen molar-refractivity contribution in [2.45, 2.75) is 31.8 Å². The lowest BCUT2D eigenvalue weighted by Crippen LogP contribution is -2.42. The highest BCUT2D eigenvalue weighted by Gasteiger charge is 2.31. The average Bonchev–Trinajstić information content (AvgIpc) is 2.67. The minimum Gasteiger partial charge on any atom is -0.392 e.